The molecular formula is C21H20ClN3OS. The van der Waals surface area contributed by atoms with E-state index in [4.69, 9.17) is 11.6 Å². The quantitative estimate of drug-likeness (QED) is 0.566. The molecule has 0 aliphatic rings. The van der Waals surface area contributed by atoms with E-state index in [1.165, 1.54) is 17.3 Å². The highest BCUT2D eigenvalue weighted by Crippen LogP contribution is 2.22. The summed E-state index contributed by atoms with van der Waals surface area (Å²) in [6.07, 6.45) is 1.01. The summed E-state index contributed by atoms with van der Waals surface area (Å²) in [6.45, 7) is 4.05. The van der Waals surface area contributed by atoms with Crippen molar-refractivity contribution in [1.82, 2.24) is 10.2 Å². The Bertz CT molecular complexity index is 927. The van der Waals surface area contributed by atoms with Gasteiger partial charge in [-0.05, 0) is 48.7 Å². The van der Waals surface area contributed by atoms with Crippen LogP contribution in [0.4, 0.5) is 5.69 Å². The predicted molar refractivity (Wildman–Crippen MR) is 112 cm³/mol. The molecule has 0 atom stereocenters. The molecule has 0 bridgehead atoms. The van der Waals surface area contributed by atoms with Gasteiger partial charge in [-0.15, -0.1) is 10.2 Å². The molecule has 0 fully saturated rings. The summed E-state index contributed by atoms with van der Waals surface area (Å²) in [5.41, 5.74) is 4.81. The summed E-state index contributed by atoms with van der Waals surface area (Å²) >= 11 is 7.42. The molecule has 3 aromatic rings. The molecular weight excluding hydrogens is 378 g/mol. The molecule has 0 unspecified atom stereocenters. The molecule has 4 nitrogen and oxygen atoms in total. The predicted octanol–water partition coefficient (Wildman–Crippen LogP) is 5.40. The summed E-state index contributed by atoms with van der Waals surface area (Å²) < 4.78 is 0. The van der Waals surface area contributed by atoms with E-state index in [0.29, 0.717) is 15.7 Å². The van der Waals surface area contributed by atoms with Gasteiger partial charge in [0.25, 0.3) is 0 Å². The normalized spacial score (nSPS) is 10.6. The second-order valence-corrected chi connectivity index (χ2v) is 7.51. The average Bonchev–Trinajstić information content (AvgIpc) is 2.70. The van der Waals surface area contributed by atoms with Crippen molar-refractivity contribution in [3.8, 4) is 11.3 Å². The van der Waals surface area contributed by atoms with E-state index in [1.807, 2.05) is 31.2 Å². The van der Waals surface area contributed by atoms with E-state index in [9.17, 15) is 4.79 Å². The standard InChI is InChI=1S/C21H20ClN3OS/c1-3-15-5-7-16(8-6-15)19-10-11-21(25-24-19)27-13-20(26)23-17-9-4-14(2)18(22)12-17/h4-12H,3,13H2,1-2H3,(H,23,26). The van der Waals surface area contributed by atoms with Crippen LogP contribution in [0.3, 0.4) is 0 Å². The first-order valence-electron chi connectivity index (χ1n) is 8.67. The van der Waals surface area contributed by atoms with Crippen LogP contribution in [0.25, 0.3) is 11.3 Å². The number of aryl methyl sites for hydroxylation is 2. The first-order chi connectivity index (χ1) is 13.0. The van der Waals surface area contributed by atoms with E-state index in [0.717, 1.165) is 23.2 Å². The number of carbonyl (C=O) groups excluding carboxylic acids is 1. The molecule has 2 aromatic carbocycles. The minimum atomic E-state index is -0.110. The molecule has 0 aliphatic carbocycles. The fourth-order valence-corrected chi connectivity index (χ4v) is 3.26. The lowest BCUT2D eigenvalue weighted by Gasteiger charge is -2.07. The van der Waals surface area contributed by atoms with Crippen molar-refractivity contribution >= 4 is 35.0 Å². The van der Waals surface area contributed by atoms with Gasteiger partial charge in [0.2, 0.25) is 5.91 Å². The van der Waals surface area contributed by atoms with E-state index in [-0.39, 0.29) is 11.7 Å². The third kappa shape index (κ3) is 5.31. The molecule has 1 heterocycles. The number of nitrogens with zero attached hydrogens (tertiary/aromatic N) is 2. The summed E-state index contributed by atoms with van der Waals surface area (Å²) in [5, 5.41) is 12.7. The Hall–Kier alpha value is -2.37. The van der Waals surface area contributed by atoms with Gasteiger partial charge in [0.1, 0.15) is 5.03 Å². The molecule has 6 heteroatoms. The highest BCUT2D eigenvalue weighted by molar-refractivity contribution is 7.99. The zero-order chi connectivity index (χ0) is 19.2. The van der Waals surface area contributed by atoms with Gasteiger partial charge >= 0.3 is 0 Å². The van der Waals surface area contributed by atoms with Gasteiger partial charge < -0.3 is 5.32 Å². The zero-order valence-electron chi connectivity index (χ0n) is 15.2. The van der Waals surface area contributed by atoms with Crippen LogP contribution in [0.2, 0.25) is 5.02 Å². The molecule has 0 saturated carbocycles. The Labute approximate surface area is 168 Å². The number of anilines is 1. The molecule has 1 aromatic heterocycles. The van der Waals surface area contributed by atoms with Crippen LogP contribution < -0.4 is 5.32 Å². The number of thioether (sulfide) groups is 1. The highest BCUT2D eigenvalue weighted by Gasteiger charge is 2.07. The number of rotatable bonds is 6. The Morgan fingerprint density at radius 2 is 1.85 bits per heavy atom. The third-order valence-electron chi connectivity index (χ3n) is 4.10. The zero-order valence-corrected chi connectivity index (χ0v) is 16.8. The van der Waals surface area contributed by atoms with Crippen molar-refractivity contribution in [2.45, 2.75) is 25.3 Å². The molecule has 138 valence electrons. The van der Waals surface area contributed by atoms with Gasteiger partial charge in [0, 0.05) is 16.3 Å². The van der Waals surface area contributed by atoms with Gasteiger partial charge in [-0.3, -0.25) is 4.79 Å². The van der Waals surface area contributed by atoms with Crippen molar-refractivity contribution in [1.29, 1.82) is 0 Å². The highest BCUT2D eigenvalue weighted by atomic mass is 35.5. The van der Waals surface area contributed by atoms with E-state index >= 15 is 0 Å². The monoisotopic (exact) mass is 397 g/mol. The van der Waals surface area contributed by atoms with Crippen LogP contribution in [0.5, 0.6) is 0 Å². The van der Waals surface area contributed by atoms with Crippen LogP contribution in [-0.4, -0.2) is 21.9 Å². The lowest BCUT2D eigenvalue weighted by atomic mass is 10.1. The first kappa shape index (κ1) is 19.4. The molecule has 3 rings (SSSR count). The molecule has 0 spiro atoms. The summed E-state index contributed by atoms with van der Waals surface area (Å²) in [6, 6.07) is 17.6. The Morgan fingerprint density at radius 3 is 2.48 bits per heavy atom. The van der Waals surface area contributed by atoms with Crippen LogP contribution in [-0.2, 0) is 11.2 Å². The Morgan fingerprint density at radius 1 is 1.07 bits per heavy atom. The van der Waals surface area contributed by atoms with Crippen LogP contribution in [0, 0.1) is 6.92 Å². The minimum Gasteiger partial charge on any atom is -0.325 e. The number of hydrogen-bond acceptors (Lipinski definition) is 4. The van der Waals surface area contributed by atoms with E-state index in [1.54, 1.807) is 6.07 Å². The number of halogens is 1. The van der Waals surface area contributed by atoms with Crippen LogP contribution in [0.15, 0.2) is 59.6 Å². The lowest BCUT2D eigenvalue weighted by molar-refractivity contribution is -0.113. The Kier molecular flexibility index (Phi) is 6.48. The maximum absolute atomic E-state index is 12.1. The molecule has 1 N–H and O–H groups in total. The van der Waals surface area contributed by atoms with Gasteiger partial charge in [-0.25, -0.2) is 0 Å². The minimum absolute atomic E-state index is 0.110. The topological polar surface area (TPSA) is 54.9 Å². The molecule has 1 amide bonds. The van der Waals surface area contributed by atoms with Crippen molar-refractivity contribution in [2.75, 3.05) is 11.1 Å². The van der Waals surface area contributed by atoms with Crippen molar-refractivity contribution in [3.63, 3.8) is 0 Å². The van der Waals surface area contributed by atoms with Crippen LogP contribution in [0.1, 0.15) is 18.1 Å². The second kappa shape index (κ2) is 9.02. The maximum Gasteiger partial charge on any atom is 0.234 e. The largest absolute Gasteiger partial charge is 0.325 e. The number of hydrogen-bond donors (Lipinski definition) is 1. The number of benzene rings is 2. The van der Waals surface area contributed by atoms with Crippen molar-refractivity contribution < 1.29 is 4.79 Å². The number of amides is 1. The van der Waals surface area contributed by atoms with Crippen molar-refractivity contribution in [2.24, 2.45) is 0 Å². The van der Waals surface area contributed by atoms with Gasteiger partial charge in [0.15, 0.2) is 0 Å². The second-order valence-electron chi connectivity index (χ2n) is 6.11. The third-order valence-corrected chi connectivity index (χ3v) is 5.43. The lowest BCUT2D eigenvalue weighted by Crippen LogP contribution is -2.14. The van der Waals surface area contributed by atoms with E-state index < -0.39 is 0 Å². The molecule has 0 aliphatic heterocycles. The van der Waals surface area contributed by atoms with Crippen LogP contribution >= 0.6 is 23.4 Å². The van der Waals surface area contributed by atoms with Gasteiger partial charge in [0.05, 0.1) is 11.4 Å². The smallest absolute Gasteiger partial charge is 0.234 e. The van der Waals surface area contributed by atoms with E-state index in [2.05, 4.69) is 46.7 Å². The number of carbonyl (C=O) groups is 1. The van der Waals surface area contributed by atoms with Gasteiger partial charge in [-0.1, -0.05) is 60.6 Å². The van der Waals surface area contributed by atoms with Crippen molar-refractivity contribution in [3.05, 3.63) is 70.7 Å². The van der Waals surface area contributed by atoms with Gasteiger partial charge in [-0.2, -0.15) is 0 Å². The molecule has 27 heavy (non-hydrogen) atoms. The molecule has 0 saturated heterocycles. The summed E-state index contributed by atoms with van der Waals surface area (Å²) in [5.74, 6) is 0.144. The Balaban J connectivity index is 1.56. The summed E-state index contributed by atoms with van der Waals surface area (Å²) in [4.78, 5) is 12.1. The maximum atomic E-state index is 12.1. The number of aromatic nitrogens is 2. The average molecular weight is 398 g/mol. The SMILES string of the molecule is CCc1ccc(-c2ccc(SCC(=O)Nc3ccc(C)c(Cl)c3)nn2)cc1. The number of nitrogens with one attached hydrogen (secondary N) is 1. The first-order valence-corrected chi connectivity index (χ1v) is 10.0. The fourth-order valence-electron chi connectivity index (χ4n) is 2.47. The molecule has 0 radical (unpaired) electrons. The summed E-state index contributed by atoms with van der Waals surface area (Å²) in [7, 11) is 0. The fraction of sp³-hybridized carbons (Fsp3) is 0.190.